The second kappa shape index (κ2) is 8.25. The molecule has 1 rings (SSSR count). The van der Waals surface area contributed by atoms with E-state index >= 15 is 0 Å². The maximum Gasteiger partial charge on any atom is 0.187 e. The van der Waals surface area contributed by atoms with Crippen LogP contribution in [0.4, 0.5) is 0 Å². The highest BCUT2D eigenvalue weighted by Crippen LogP contribution is 2.42. The third-order valence-electron chi connectivity index (χ3n) is 2.61. The Kier molecular flexibility index (Phi) is 6.58. The monoisotopic (exact) mass is 274 g/mol. The average molecular weight is 274 g/mol. The van der Waals surface area contributed by atoms with Crippen molar-refractivity contribution in [1.82, 2.24) is 0 Å². The second-order valence-electron chi connectivity index (χ2n) is 3.81. The largest absolute Gasteiger partial charge is 0.496 e. The van der Waals surface area contributed by atoms with E-state index in [9.17, 15) is 4.79 Å². The number of para-hydroxylation sites is 1. The van der Waals surface area contributed by atoms with Crippen molar-refractivity contribution in [2.45, 2.75) is 12.8 Å². The minimum absolute atomic E-state index is 0.0120. The van der Waals surface area contributed by atoms with Crippen LogP contribution in [0, 0.1) is 22.7 Å². The van der Waals surface area contributed by atoms with Crippen molar-refractivity contribution in [3.8, 4) is 17.9 Å². The van der Waals surface area contributed by atoms with Gasteiger partial charge in [0.2, 0.25) is 0 Å². The molecule has 0 aliphatic heterocycles. The lowest BCUT2D eigenvalue weighted by molar-refractivity contribution is 0.107. The third kappa shape index (κ3) is 4.36. The van der Waals surface area contributed by atoms with E-state index in [1.807, 2.05) is 6.07 Å². The molecule has 4 nitrogen and oxygen atoms in total. The molecule has 19 heavy (non-hydrogen) atoms. The fourth-order valence-electron chi connectivity index (χ4n) is 1.68. The molecule has 0 atom stereocenters. The third-order valence-corrected chi connectivity index (χ3v) is 4.95. The molecule has 1 aromatic rings. The van der Waals surface area contributed by atoms with Gasteiger partial charge in [-0.25, -0.2) is 0 Å². The zero-order chi connectivity index (χ0) is 14.1. The van der Waals surface area contributed by atoms with Crippen molar-refractivity contribution in [1.29, 1.82) is 10.5 Å². The van der Waals surface area contributed by atoms with E-state index in [0.29, 0.717) is 36.5 Å². The Hall–Kier alpha value is -1.90. The first kappa shape index (κ1) is 15.2. The Bertz CT molecular complexity index is 499. The van der Waals surface area contributed by atoms with Gasteiger partial charge in [-0.05, 0) is 32.4 Å². The maximum atomic E-state index is 12.5. The van der Waals surface area contributed by atoms with Crippen LogP contribution in [0.25, 0.3) is 0 Å². The summed E-state index contributed by atoms with van der Waals surface area (Å²) >= 11 is 0. The Balaban J connectivity index is 2.91. The molecule has 98 valence electrons. The van der Waals surface area contributed by atoms with Crippen molar-refractivity contribution >= 4 is 13.4 Å². The molecule has 0 radical (unpaired) electrons. The van der Waals surface area contributed by atoms with Crippen LogP contribution in [0.2, 0.25) is 0 Å². The number of methoxy groups -OCH3 is 1. The van der Waals surface area contributed by atoms with Gasteiger partial charge in [0.25, 0.3) is 0 Å². The topological polar surface area (TPSA) is 73.9 Å². The molecule has 5 heteroatoms. The summed E-state index contributed by atoms with van der Waals surface area (Å²) in [5.41, 5.74) is 0.560. The molecule has 0 unspecified atom stereocenters. The molecule has 0 aromatic heterocycles. The molecular weight excluding hydrogens is 259 g/mol. The number of ether oxygens (including phenoxy) is 1. The van der Waals surface area contributed by atoms with Crippen LogP contribution in [0.3, 0.4) is 0 Å². The first-order valence-corrected chi connectivity index (χ1v) is 7.62. The highest BCUT2D eigenvalue weighted by Gasteiger charge is 2.21. The number of benzene rings is 1. The SMILES string of the molecule is COc1ccccc1C(=O)P(CCC#N)CCC#N. The van der Waals surface area contributed by atoms with Gasteiger partial charge in [-0.2, -0.15) is 10.5 Å². The van der Waals surface area contributed by atoms with Crippen LogP contribution in [0.15, 0.2) is 24.3 Å². The molecule has 1 aromatic carbocycles. The molecule has 0 aliphatic carbocycles. The number of rotatable bonds is 7. The minimum atomic E-state index is -0.996. The van der Waals surface area contributed by atoms with E-state index in [-0.39, 0.29) is 5.52 Å². The molecule has 0 N–H and O–H groups in total. The highest BCUT2D eigenvalue weighted by molar-refractivity contribution is 7.75. The van der Waals surface area contributed by atoms with Crippen molar-refractivity contribution in [2.75, 3.05) is 19.4 Å². The fourth-order valence-corrected chi connectivity index (χ4v) is 3.57. The summed E-state index contributed by atoms with van der Waals surface area (Å²) in [7, 11) is 0.531. The predicted molar refractivity (Wildman–Crippen MR) is 74.4 cm³/mol. The van der Waals surface area contributed by atoms with Crippen LogP contribution in [0.1, 0.15) is 23.2 Å². The van der Waals surface area contributed by atoms with Gasteiger partial charge in [-0.1, -0.05) is 12.1 Å². The second-order valence-corrected chi connectivity index (χ2v) is 6.19. The van der Waals surface area contributed by atoms with Crippen molar-refractivity contribution in [3.63, 3.8) is 0 Å². The summed E-state index contributed by atoms with van der Waals surface area (Å²) in [4.78, 5) is 12.5. The first-order chi connectivity index (χ1) is 9.24. The summed E-state index contributed by atoms with van der Waals surface area (Å²) in [5, 5.41) is 17.3. The average Bonchev–Trinajstić information content (AvgIpc) is 2.46. The molecule has 0 amide bonds. The summed E-state index contributed by atoms with van der Waals surface area (Å²) in [6.07, 6.45) is 1.78. The zero-order valence-corrected chi connectivity index (χ0v) is 11.7. The van der Waals surface area contributed by atoms with Crippen LogP contribution < -0.4 is 4.74 Å². The van der Waals surface area contributed by atoms with Crippen molar-refractivity contribution in [3.05, 3.63) is 29.8 Å². The van der Waals surface area contributed by atoms with Gasteiger partial charge in [0.15, 0.2) is 5.52 Å². The number of carbonyl (C=O) groups is 1. The van der Waals surface area contributed by atoms with Gasteiger partial charge in [0.1, 0.15) is 5.75 Å². The lowest BCUT2D eigenvalue weighted by Crippen LogP contribution is -2.05. The summed E-state index contributed by atoms with van der Waals surface area (Å²) in [5.74, 6) is 0.550. The smallest absolute Gasteiger partial charge is 0.187 e. The van der Waals surface area contributed by atoms with Crippen molar-refractivity contribution in [2.24, 2.45) is 0 Å². The van der Waals surface area contributed by atoms with Gasteiger partial charge in [0.05, 0.1) is 24.8 Å². The van der Waals surface area contributed by atoms with Crippen LogP contribution in [-0.4, -0.2) is 25.0 Å². The van der Waals surface area contributed by atoms with Gasteiger partial charge < -0.3 is 4.74 Å². The lowest BCUT2D eigenvalue weighted by Gasteiger charge is -2.15. The van der Waals surface area contributed by atoms with Crippen molar-refractivity contribution < 1.29 is 9.53 Å². The van der Waals surface area contributed by atoms with Gasteiger partial charge in [-0.3, -0.25) is 4.79 Å². The van der Waals surface area contributed by atoms with E-state index in [0.717, 1.165) is 0 Å². The zero-order valence-electron chi connectivity index (χ0n) is 10.8. The molecule has 0 bridgehead atoms. The number of nitrogens with zero attached hydrogens (tertiary/aromatic N) is 2. The Morgan fingerprint density at radius 1 is 1.21 bits per heavy atom. The lowest BCUT2D eigenvalue weighted by atomic mass is 10.2. The van der Waals surface area contributed by atoms with Gasteiger partial charge in [-0.15, -0.1) is 0 Å². The molecule has 0 heterocycles. The van der Waals surface area contributed by atoms with Gasteiger partial charge in [0, 0.05) is 12.8 Å². The molecule has 0 spiro atoms. The summed E-state index contributed by atoms with van der Waals surface area (Å²) in [6.45, 7) is 0. The summed E-state index contributed by atoms with van der Waals surface area (Å²) < 4.78 is 5.19. The Morgan fingerprint density at radius 3 is 2.32 bits per heavy atom. The standard InChI is InChI=1S/C14H15N2O2P/c1-18-13-7-3-2-6-12(13)14(17)19(10-4-8-15)11-5-9-16/h2-3,6-7H,4-5,10-11H2,1H3. The van der Waals surface area contributed by atoms with Gasteiger partial charge >= 0.3 is 0 Å². The maximum absolute atomic E-state index is 12.5. The normalized spacial score (nSPS) is 9.68. The fraction of sp³-hybridized carbons (Fsp3) is 0.357. The van der Waals surface area contributed by atoms with E-state index < -0.39 is 7.92 Å². The number of carbonyl (C=O) groups excluding carboxylic acids is 1. The van der Waals surface area contributed by atoms with E-state index in [2.05, 4.69) is 12.1 Å². The van der Waals surface area contributed by atoms with Crippen LogP contribution in [0.5, 0.6) is 5.75 Å². The summed E-state index contributed by atoms with van der Waals surface area (Å²) in [6, 6.07) is 11.2. The molecule has 0 saturated carbocycles. The van der Waals surface area contributed by atoms with Crippen LogP contribution in [-0.2, 0) is 0 Å². The molecule has 0 aliphatic rings. The molecule has 0 fully saturated rings. The van der Waals surface area contributed by atoms with E-state index in [4.69, 9.17) is 15.3 Å². The number of nitriles is 2. The van der Waals surface area contributed by atoms with Crippen LogP contribution >= 0.6 is 7.92 Å². The first-order valence-electron chi connectivity index (χ1n) is 5.90. The van der Waals surface area contributed by atoms with E-state index in [1.54, 1.807) is 18.2 Å². The molecule has 0 saturated heterocycles. The Morgan fingerprint density at radius 2 is 1.79 bits per heavy atom. The number of hydrogen-bond acceptors (Lipinski definition) is 4. The minimum Gasteiger partial charge on any atom is -0.496 e. The quantitative estimate of drug-likeness (QED) is 0.716. The highest BCUT2D eigenvalue weighted by atomic mass is 31.1. The van der Waals surface area contributed by atoms with E-state index in [1.165, 1.54) is 7.11 Å². The predicted octanol–water partition coefficient (Wildman–Crippen LogP) is 3.14. The Labute approximate surface area is 114 Å². The number of hydrogen-bond donors (Lipinski definition) is 0. The molecular formula is C14H15N2O2P.